The molecule has 7 heteroatoms. The lowest BCUT2D eigenvalue weighted by Crippen LogP contribution is -2.31. The summed E-state index contributed by atoms with van der Waals surface area (Å²) in [5, 5.41) is 3.32. The van der Waals surface area contributed by atoms with Crippen molar-refractivity contribution in [2.24, 2.45) is 17.3 Å². The molecule has 6 nitrogen and oxygen atoms in total. The first kappa shape index (κ1) is 24.7. The van der Waals surface area contributed by atoms with Gasteiger partial charge in [-0.25, -0.2) is 4.79 Å². The maximum atomic E-state index is 12.7. The Hall–Kier alpha value is -1.89. The predicted octanol–water partition coefficient (Wildman–Crippen LogP) is 5.53. The number of hydrogen-bond donors (Lipinski definition) is 1. The fourth-order valence-electron chi connectivity index (χ4n) is 4.76. The number of carbonyl (C=O) groups excluding carboxylic acids is 3. The summed E-state index contributed by atoms with van der Waals surface area (Å²) in [4.78, 5) is 38.9. The molecule has 0 radical (unpaired) electrons. The molecule has 0 unspecified atom stereocenters. The third kappa shape index (κ3) is 6.12. The van der Waals surface area contributed by atoms with E-state index in [9.17, 15) is 14.4 Å². The van der Waals surface area contributed by atoms with Gasteiger partial charge >= 0.3 is 11.9 Å². The second kappa shape index (κ2) is 10.4. The van der Waals surface area contributed by atoms with Crippen LogP contribution in [0, 0.1) is 17.3 Å². The fourth-order valence-corrected chi connectivity index (χ4v) is 6.05. The van der Waals surface area contributed by atoms with Crippen LogP contribution in [0.4, 0.5) is 5.00 Å². The van der Waals surface area contributed by atoms with Gasteiger partial charge in [-0.2, -0.15) is 0 Å². The molecule has 1 saturated carbocycles. The normalized spacial score (nSPS) is 21.1. The topological polar surface area (TPSA) is 81.7 Å². The van der Waals surface area contributed by atoms with Crippen LogP contribution in [0.1, 0.15) is 93.9 Å². The largest absolute Gasteiger partial charge is 0.459 e. The molecule has 1 aromatic rings. The number of thiophene rings is 1. The van der Waals surface area contributed by atoms with Gasteiger partial charge in [-0.1, -0.05) is 20.8 Å². The van der Waals surface area contributed by atoms with Crippen LogP contribution in [0.5, 0.6) is 0 Å². The average molecular weight is 464 g/mol. The molecule has 1 aromatic heterocycles. The second-order valence-corrected chi connectivity index (χ2v) is 11.5. The van der Waals surface area contributed by atoms with Gasteiger partial charge in [0.2, 0.25) is 0 Å². The molecule has 0 saturated heterocycles. The van der Waals surface area contributed by atoms with E-state index in [1.54, 1.807) is 0 Å². The Labute approximate surface area is 195 Å². The number of amides is 1. The van der Waals surface area contributed by atoms with Gasteiger partial charge in [0.25, 0.3) is 5.91 Å². The number of nitrogens with one attached hydrogen (secondary N) is 1. The van der Waals surface area contributed by atoms with E-state index in [-0.39, 0.29) is 30.0 Å². The monoisotopic (exact) mass is 463 g/mol. The number of aryl methyl sites for hydroxylation is 1. The van der Waals surface area contributed by atoms with Crippen LogP contribution < -0.4 is 5.32 Å². The van der Waals surface area contributed by atoms with E-state index >= 15 is 0 Å². The molecule has 178 valence electrons. The van der Waals surface area contributed by atoms with Gasteiger partial charge in [-0.05, 0) is 82.1 Å². The molecular formula is C25H37NO5S. The van der Waals surface area contributed by atoms with Gasteiger partial charge < -0.3 is 14.8 Å². The number of esters is 2. The Morgan fingerprint density at radius 2 is 1.72 bits per heavy atom. The molecule has 0 bridgehead atoms. The highest BCUT2D eigenvalue weighted by Crippen LogP contribution is 2.40. The predicted molar refractivity (Wildman–Crippen MR) is 126 cm³/mol. The van der Waals surface area contributed by atoms with E-state index in [4.69, 9.17) is 9.47 Å². The Kier molecular flexibility index (Phi) is 8.01. The van der Waals surface area contributed by atoms with Crippen molar-refractivity contribution in [1.82, 2.24) is 0 Å². The van der Waals surface area contributed by atoms with Crippen molar-refractivity contribution in [1.29, 1.82) is 0 Å². The van der Waals surface area contributed by atoms with E-state index < -0.39 is 11.9 Å². The van der Waals surface area contributed by atoms with Crippen molar-refractivity contribution >= 4 is 34.2 Å². The molecule has 2 aliphatic carbocycles. The summed E-state index contributed by atoms with van der Waals surface area (Å²) in [6.45, 7) is 10.0. The van der Waals surface area contributed by atoms with Crippen LogP contribution in [0.3, 0.4) is 0 Å². The molecule has 0 aromatic carbocycles. The summed E-state index contributed by atoms with van der Waals surface area (Å²) < 4.78 is 10.8. The third-order valence-electron chi connectivity index (χ3n) is 6.60. The van der Waals surface area contributed by atoms with Crippen LogP contribution in [-0.2, 0) is 31.9 Å². The Balaban J connectivity index is 1.58. The smallest absolute Gasteiger partial charge is 0.341 e. The lowest BCUT2D eigenvalue weighted by Gasteiger charge is -2.36. The third-order valence-corrected chi connectivity index (χ3v) is 7.81. The Morgan fingerprint density at radius 1 is 1.06 bits per heavy atom. The van der Waals surface area contributed by atoms with Crippen molar-refractivity contribution in [2.45, 2.75) is 92.1 Å². The highest BCUT2D eigenvalue weighted by Gasteiger charge is 2.33. The molecule has 0 atom stereocenters. The Morgan fingerprint density at radius 3 is 2.34 bits per heavy atom. The van der Waals surface area contributed by atoms with Gasteiger partial charge in [0, 0.05) is 4.88 Å². The van der Waals surface area contributed by atoms with Crippen LogP contribution in [0.15, 0.2) is 0 Å². The van der Waals surface area contributed by atoms with Gasteiger partial charge in [-0.15, -0.1) is 11.3 Å². The minimum atomic E-state index is -0.418. The van der Waals surface area contributed by atoms with Gasteiger partial charge in [-0.3, -0.25) is 9.59 Å². The SMILES string of the molecule is CC(C)OC(=O)c1c(NC(=O)COC(=O)C2CCC(C(C)(C)C)CC2)sc2c1CCCC2. The van der Waals surface area contributed by atoms with E-state index in [1.165, 1.54) is 11.3 Å². The zero-order valence-electron chi connectivity index (χ0n) is 20.0. The number of ether oxygens (including phenoxy) is 2. The van der Waals surface area contributed by atoms with Crippen LogP contribution in [-0.4, -0.2) is 30.6 Å². The first-order valence-corrected chi connectivity index (χ1v) is 12.7. The maximum absolute atomic E-state index is 12.7. The van der Waals surface area contributed by atoms with Crippen molar-refractivity contribution < 1.29 is 23.9 Å². The highest BCUT2D eigenvalue weighted by atomic mass is 32.1. The molecule has 1 amide bonds. The van der Waals surface area contributed by atoms with Gasteiger partial charge in [0.05, 0.1) is 17.6 Å². The van der Waals surface area contributed by atoms with E-state index in [0.29, 0.717) is 16.5 Å². The number of rotatable bonds is 6. The zero-order valence-corrected chi connectivity index (χ0v) is 20.9. The standard InChI is InChI=1S/C25H37NO5S/c1-15(2)31-24(29)21-18-8-6-7-9-19(18)32-22(21)26-20(27)14-30-23(28)16-10-12-17(13-11-16)25(3,4)5/h15-17H,6-14H2,1-5H3,(H,26,27). The zero-order chi connectivity index (χ0) is 23.5. The minimum Gasteiger partial charge on any atom is -0.459 e. The first-order valence-electron chi connectivity index (χ1n) is 11.9. The fraction of sp³-hybridized carbons (Fsp3) is 0.720. The summed E-state index contributed by atoms with van der Waals surface area (Å²) >= 11 is 1.44. The number of fused-ring (bicyclic) bond motifs is 1. The summed E-state index contributed by atoms with van der Waals surface area (Å²) in [5.41, 5.74) is 1.72. The van der Waals surface area contributed by atoms with Crippen molar-refractivity contribution in [2.75, 3.05) is 11.9 Å². The van der Waals surface area contributed by atoms with Gasteiger partial charge in [0.1, 0.15) is 5.00 Å². The van der Waals surface area contributed by atoms with Crippen molar-refractivity contribution in [3.05, 3.63) is 16.0 Å². The molecule has 3 rings (SSSR count). The summed E-state index contributed by atoms with van der Waals surface area (Å²) in [7, 11) is 0. The summed E-state index contributed by atoms with van der Waals surface area (Å²) in [6.07, 6.45) is 7.23. The van der Waals surface area contributed by atoms with E-state index in [0.717, 1.165) is 61.8 Å². The average Bonchev–Trinajstić information content (AvgIpc) is 3.08. The molecule has 32 heavy (non-hydrogen) atoms. The lowest BCUT2D eigenvalue weighted by atomic mass is 9.70. The number of anilines is 1. The summed E-state index contributed by atoms with van der Waals surface area (Å²) in [6, 6.07) is 0. The van der Waals surface area contributed by atoms with Crippen LogP contribution in [0.2, 0.25) is 0 Å². The van der Waals surface area contributed by atoms with Crippen LogP contribution >= 0.6 is 11.3 Å². The van der Waals surface area contributed by atoms with E-state index in [1.807, 2.05) is 13.8 Å². The van der Waals surface area contributed by atoms with Crippen molar-refractivity contribution in [3.63, 3.8) is 0 Å². The first-order chi connectivity index (χ1) is 15.1. The maximum Gasteiger partial charge on any atom is 0.341 e. The quantitative estimate of drug-likeness (QED) is 0.561. The van der Waals surface area contributed by atoms with Gasteiger partial charge in [0.15, 0.2) is 6.61 Å². The Bertz CT molecular complexity index is 843. The lowest BCUT2D eigenvalue weighted by molar-refractivity contribution is -0.153. The van der Waals surface area contributed by atoms with E-state index in [2.05, 4.69) is 26.1 Å². The highest BCUT2D eigenvalue weighted by molar-refractivity contribution is 7.17. The molecule has 0 aliphatic heterocycles. The second-order valence-electron chi connectivity index (χ2n) is 10.4. The summed E-state index contributed by atoms with van der Waals surface area (Å²) in [5.74, 6) is -0.630. The molecule has 2 aliphatic rings. The number of carbonyl (C=O) groups is 3. The molecule has 1 fully saturated rings. The molecule has 1 heterocycles. The van der Waals surface area contributed by atoms with Crippen LogP contribution in [0.25, 0.3) is 0 Å². The van der Waals surface area contributed by atoms with Crippen molar-refractivity contribution in [3.8, 4) is 0 Å². The molecular weight excluding hydrogens is 426 g/mol. The molecule has 1 N–H and O–H groups in total. The minimum absolute atomic E-state index is 0.132. The molecule has 0 spiro atoms. The number of hydrogen-bond acceptors (Lipinski definition) is 6.